The average molecular weight is 568 g/mol. The predicted octanol–water partition coefficient (Wildman–Crippen LogP) is 1.63. The Morgan fingerprint density at radius 1 is 0.902 bits per heavy atom. The molecule has 0 radical (unpaired) electrons. The van der Waals surface area contributed by atoms with Crippen molar-refractivity contribution >= 4 is 34.6 Å². The monoisotopic (exact) mass is 567 g/mol. The fourth-order valence-corrected chi connectivity index (χ4v) is 4.62. The second-order valence-corrected chi connectivity index (χ2v) is 10.6. The first-order valence-corrected chi connectivity index (χ1v) is 14.0. The second kappa shape index (κ2) is 14.4. The fraction of sp³-hybridized carbons (Fsp3) is 0.483. The van der Waals surface area contributed by atoms with E-state index in [4.69, 9.17) is 5.73 Å². The Labute approximate surface area is 239 Å². The van der Waals surface area contributed by atoms with Gasteiger partial charge < -0.3 is 36.8 Å². The van der Waals surface area contributed by atoms with Gasteiger partial charge >= 0.3 is 5.97 Å². The van der Waals surface area contributed by atoms with E-state index in [9.17, 15) is 24.3 Å². The number of carboxylic acids is 1. The van der Waals surface area contributed by atoms with Crippen LogP contribution < -0.4 is 21.7 Å². The number of hydrogen-bond acceptors (Lipinski definition) is 6. The minimum absolute atomic E-state index is 0.0473. The van der Waals surface area contributed by atoms with Gasteiger partial charge in [0.15, 0.2) is 0 Å². The molecule has 3 aromatic rings. The maximum atomic E-state index is 13.6. The molecule has 12 nitrogen and oxygen atoms in total. The minimum atomic E-state index is -1.16. The molecular weight excluding hydrogens is 526 g/mol. The number of aromatic amines is 2. The number of nitrogens with two attached hydrogens (primary N) is 1. The molecule has 0 spiro atoms. The van der Waals surface area contributed by atoms with Crippen LogP contribution in [0.1, 0.15) is 51.8 Å². The molecule has 3 rings (SSSR count). The molecule has 0 aliphatic heterocycles. The van der Waals surface area contributed by atoms with Crippen molar-refractivity contribution in [1.82, 2.24) is 30.9 Å². The van der Waals surface area contributed by atoms with Crippen LogP contribution in [0.15, 0.2) is 43.0 Å². The third kappa shape index (κ3) is 8.16. The zero-order chi connectivity index (χ0) is 30.1. The Morgan fingerprint density at radius 3 is 2.20 bits per heavy atom. The summed E-state index contributed by atoms with van der Waals surface area (Å²) in [7, 11) is 0. The third-order valence-electron chi connectivity index (χ3n) is 7.63. The summed E-state index contributed by atoms with van der Waals surface area (Å²) < 4.78 is 0. The van der Waals surface area contributed by atoms with Crippen LogP contribution in [0.2, 0.25) is 0 Å². The van der Waals surface area contributed by atoms with Crippen molar-refractivity contribution in [2.75, 3.05) is 0 Å². The number of rotatable bonds is 15. The lowest BCUT2D eigenvalue weighted by atomic mass is 9.96. The van der Waals surface area contributed by atoms with Crippen LogP contribution in [0.4, 0.5) is 0 Å². The van der Waals surface area contributed by atoms with Crippen molar-refractivity contribution in [3.05, 3.63) is 54.2 Å². The molecule has 0 bridgehead atoms. The van der Waals surface area contributed by atoms with Crippen LogP contribution in [-0.4, -0.2) is 67.9 Å². The number of carbonyl (C=O) groups is 4. The number of para-hydroxylation sites is 1. The summed E-state index contributed by atoms with van der Waals surface area (Å²) >= 11 is 0. The molecule has 0 aliphatic rings. The SMILES string of the molecule is CCC(C)C(NC(=O)C(Cc1cnc[nH]1)NC(=O)C(NC(=O)C(N)Cc1c[nH]c2ccccc12)C(C)CC)C(=O)O. The van der Waals surface area contributed by atoms with Gasteiger partial charge in [-0.3, -0.25) is 14.4 Å². The van der Waals surface area contributed by atoms with Crippen LogP contribution in [0.25, 0.3) is 10.9 Å². The van der Waals surface area contributed by atoms with E-state index in [2.05, 4.69) is 30.9 Å². The Morgan fingerprint density at radius 2 is 1.56 bits per heavy atom. The number of nitrogens with zero attached hydrogens (tertiary/aromatic N) is 1. The number of aliphatic carboxylic acids is 1. The molecule has 0 fully saturated rings. The number of hydrogen-bond donors (Lipinski definition) is 7. The molecule has 3 amide bonds. The Hall–Kier alpha value is -4.19. The van der Waals surface area contributed by atoms with Crippen LogP contribution in [0, 0.1) is 11.8 Å². The Kier molecular flexibility index (Phi) is 11.0. The predicted molar refractivity (Wildman–Crippen MR) is 155 cm³/mol. The van der Waals surface area contributed by atoms with Gasteiger partial charge in [0.05, 0.1) is 12.4 Å². The normalized spacial score (nSPS) is 15.7. The largest absolute Gasteiger partial charge is 0.480 e. The van der Waals surface area contributed by atoms with E-state index in [0.717, 1.165) is 16.5 Å². The van der Waals surface area contributed by atoms with E-state index < -0.39 is 47.9 Å². The van der Waals surface area contributed by atoms with E-state index in [1.54, 1.807) is 6.92 Å². The van der Waals surface area contributed by atoms with Crippen LogP contribution in [-0.2, 0) is 32.0 Å². The lowest BCUT2D eigenvalue weighted by molar-refractivity contribution is -0.143. The molecule has 0 aliphatic carbocycles. The zero-order valence-electron chi connectivity index (χ0n) is 23.9. The van der Waals surface area contributed by atoms with E-state index in [1.807, 2.05) is 51.2 Å². The van der Waals surface area contributed by atoms with Gasteiger partial charge in [0.25, 0.3) is 0 Å². The smallest absolute Gasteiger partial charge is 0.326 e. The molecule has 6 atom stereocenters. The number of fused-ring (bicyclic) bond motifs is 1. The minimum Gasteiger partial charge on any atom is -0.480 e. The van der Waals surface area contributed by atoms with E-state index >= 15 is 0 Å². The van der Waals surface area contributed by atoms with E-state index in [-0.39, 0.29) is 24.7 Å². The highest BCUT2D eigenvalue weighted by Gasteiger charge is 2.34. The zero-order valence-corrected chi connectivity index (χ0v) is 23.9. The molecule has 1 aromatic carbocycles. The maximum absolute atomic E-state index is 13.6. The van der Waals surface area contributed by atoms with Gasteiger partial charge in [0, 0.05) is 35.4 Å². The Bertz CT molecular complexity index is 1320. The number of benzene rings is 1. The molecule has 41 heavy (non-hydrogen) atoms. The first kappa shape index (κ1) is 31.3. The molecule has 2 heterocycles. The number of nitrogens with one attached hydrogen (secondary N) is 5. The van der Waals surface area contributed by atoms with E-state index in [1.165, 1.54) is 12.5 Å². The van der Waals surface area contributed by atoms with Crippen molar-refractivity contribution in [2.24, 2.45) is 17.6 Å². The molecule has 6 unspecified atom stereocenters. The average Bonchev–Trinajstić information content (AvgIpc) is 3.63. The van der Waals surface area contributed by atoms with Crippen LogP contribution >= 0.6 is 0 Å². The van der Waals surface area contributed by atoms with Crippen LogP contribution in [0.3, 0.4) is 0 Å². The topological polar surface area (TPSA) is 195 Å². The standard InChI is InChI=1S/C29H41N7O5/c1-5-16(3)24(35-26(37)21(30)11-18-13-32-22-10-8-7-9-20(18)22)28(39)34-23(12-19-14-31-15-33-19)27(38)36-25(29(40)41)17(4)6-2/h7-10,13-17,21,23-25,32H,5-6,11-12,30H2,1-4H3,(H,31,33)(H,34,39)(H,35,37)(H,36,38)(H,40,41). The molecule has 0 saturated carbocycles. The van der Waals surface area contributed by atoms with Crippen molar-refractivity contribution in [3.63, 3.8) is 0 Å². The lowest BCUT2D eigenvalue weighted by Crippen LogP contribution is -2.59. The van der Waals surface area contributed by atoms with Gasteiger partial charge in [0.2, 0.25) is 17.7 Å². The van der Waals surface area contributed by atoms with Crippen molar-refractivity contribution in [1.29, 1.82) is 0 Å². The highest BCUT2D eigenvalue weighted by atomic mass is 16.4. The van der Waals surface area contributed by atoms with Gasteiger partial charge in [-0.1, -0.05) is 58.7 Å². The summed E-state index contributed by atoms with van der Waals surface area (Å²) in [6.07, 6.45) is 6.21. The van der Waals surface area contributed by atoms with Gasteiger partial charge in [-0.05, 0) is 29.9 Å². The highest BCUT2D eigenvalue weighted by Crippen LogP contribution is 2.19. The maximum Gasteiger partial charge on any atom is 0.326 e. The summed E-state index contributed by atoms with van der Waals surface area (Å²) in [5.41, 5.74) is 8.66. The second-order valence-electron chi connectivity index (χ2n) is 10.6. The quantitative estimate of drug-likeness (QED) is 0.145. The first-order chi connectivity index (χ1) is 19.5. The first-order valence-electron chi connectivity index (χ1n) is 14.0. The van der Waals surface area contributed by atoms with Crippen LogP contribution in [0.5, 0.6) is 0 Å². The molecule has 222 valence electrons. The number of carboxylic acid groups (broad SMARTS) is 1. The number of imidazole rings is 1. The fourth-order valence-electron chi connectivity index (χ4n) is 4.62. The van der Waals surface area contributed by atoms with Gasteiger partial charge in [-0.15, -0.1) is 0 Å². The van der Waals surface area contributed by atoms with Crippen molar-refractivity contribution in [2.45, 2.75) is 77.5 Å². The van der Waals surface area contributed by atoms with E-state index in [0.29, 0.717) is 18.5 Å². The molecule has 0 saturated heterocycles. The molecule has 8 N–H and O–H groups in total. The molecule has 2 aromatic heterocycles. The van der Waals surface area contributed by atoms with Gasteiger partial charge in [0.1, 0.15) is 18.1 Å². The third-order valence-corrected chi connectivity index (χ3v) is 7.63. The Balaban J connectivity index is 1.75. The summed E-state index contributed by atoms with van der Waals surface area (Å²) in [4.78, 5) is 61.9. The highest BCUT2D eigenvalue weighted by molar-refractivity contribution is 5.94. The number of amides is 3. The van der Waals surface area contributed by atoms with Crippen molar-refractivity contribution in [3.8, 4) is 0 Å². The number of carbonyl (C=O) groups excluding carboxylic acids is 3. The van der Waals surface area contributed by atoms with Gasteiger partial charge in [-0.2, -0.15) is 0 Å². The number of aromatic nitrogens is 3. The number of H-pyrrole nitrogens is 2. The molecule has 12 heteroatoms. The summed E-state index contributed by atoms with van der Waals surface area (Å²) in [6.45, 7) is 7.28. The summed E-state index contributed by atoms with van der Waals surface area (Å²) in [6, 6.07) is 3.59. The molecular formula is C29H41N7O5. The summed E-state index contributed by atoms with van der Waals surface area (Å²) in [5, 5.41) is 18.7. The van der Waals surface area contributed by atoms with Gasteiger partial charge in [-0.25, -0.2) is 9.78 Å². The van der Waals surface area contributed by atoms with Crippen molar-refractivity contribution < 1.29 is 24.3 Å². The summed E-state index contributed by atoms with van der Waals surface area (Å²) in [5.74, 6) is -3.47. The lowest BCUT2D eigenvalue weighted by Gasteiger charge is -2.28.